The summed E-state index contributed by atoms with van der Waals surface area (Å²) in [7, 11) is 1.71. The van der Waals surface area contributed by atoms with Gasteiger partial charge in [-0.3, -0.25) is 9.89 Å². The zero-order valence-electron chi connectivity index (χ0n) is 16.7. The Bertz CT molecular complexity index is 492. The highest BCUT2D eigenvalue weighted by Gasteiger charge is 2.45. The number of nitrogens with zero attached hydrogens (tertiary/aromatic N) is 3. The van der Waals surface area contributed by atoms with Gasteiger partial charge in [0.2, 0.25) is 0 Å². The van der Waals surface area contributed by atoms with E-state index in [0.29, 0.717) is 25.3 Å². The summed E-state index contributed by atoms with van der Waals surface area (Å²) in [5.74, 6) is -0.147. The van der Waals surface area contributed by atoms with Crippen LogP contribution in [-0.2, 0) is 4.74 Å². The molecular weight excluding hydrogens is 484 g/mol. The Kier molecular flexibility index (Phi) is 9.59. The van der Waals surface area contributed by atoms with Gasteiger partial charge in [-0.25, -0.2) is 0 Å². The maximum atomic E-state index is 13.3. The topological polar surface area (TPSA) is 40.1 Å². The minimum absolute atomic E-state index is 0. The van der Waals surface area contributed by atoms with Gasteiger partial charge in [0.05, 0.1) is 12.5 Å². The Labute approximate surface area is 183 Å². The maximum Gasteiger partial charge on any atom is 0.392 e. The van der Waals surface area contributed by atoms with Crippen LogP contribution in [0.5, 0.6) is 0 Å². The van der Waals surface area contributed by atoms with E-state index in [1.807, 2.05) is 0 Å². The van der Waals surface area contributed by atoms with Crippen molar-refractivity contribution in [3.05, 3.63) is 0 Å². The molecule has 3 aliphatic rings. The number of aliphatic imine (C=N–C) groups is 1. The predicted molar refractivity (Wildman–Crippen MR) is 115 cm³/mol. The van der Waals surface area contributed by atoms with Crippen LogP contribution in [0.2, 0.25) is 0 Å². The summed E-state index contributed by atoms with van der Waals surface area (Å²) >= 11 is 0. The van der Waals surface area contributed by atoms with Crippen LogP contribution in [-0.4, -0.2) is 81.5 Å². The lowest BCUT2D eigenvalue weighted by Crippen LogP contribution is -2.54. The third kappa shape index (κ3) is 6.62. The molecule has 5 nitrogen and oxygen atoms in total. The number of guanidine groups is 1. The maximum absolute atomic E-state index is 13.3. The van der Waals surface area contributed by atoms with E-state index >= 15 is 0 Å². The Morgan fingerprint density at radius 1 is 1.11 bits per heavy atom. The molecule has 0 bridgehead atoms. The first-order chi connectivity index (χ1) is 13.0. The van der Waals surface area contributed by atoms with Gasteiger partial charge in [-0.1, -0.05) is 12.8 Å². The van der Waals surface area contributed by atoms with E-state index in [4.69, 9.17) is 4.74 Å². The van der Waals surface area contributed by atoms with Crippen LogP contribution >= 0.6 is 24.0 Å². The fourth-order valence-electron chi connectivity index (χ4n) is 4.67. The minimum atomic E-state index is -4.09. The first kappa shape index (κ1) is 24.0. The standard InChI is InChI=1S/C19H33F3N4O.HI/c1-23-18(24-12-16-4-2-3-5-17(16)19(20,21)22)26-9-7-25(8-10-26)13-15-6-11-27-14-15;/h15-17H,2-14H2,1H3,(H,23,24);1H. The normalized spacial score (nSPS) is 30.2. The van der Waals surface area contributed by atoms with Crippen molar-refractivity contribution in [3.63, 3.8) is 0 Å². The quantitative estimate of drug-likeness (QED) is 0.353. The highest BCUT2D eigenvalue weighted by atomic mass is 127. The van der Waals surface area contributed by atoms with Crippen molar-refractivity contribution in [3.8, 4) is 0 Å². The third-order valence-electron chi connectivity index (χ3n) is 6.28. The van der Waals surface area contributed by atoms with Crippen molar-refractivity contribution >= 4 is 29.9 Å². The molecule has 3 fully saturated rings. The molecule has 3 atom stereocenters. The molecule has 3 rings (SSSR count). The van der Waals surface area contributed by atoms with Crippen LogP contribution in [0.15, 0.2) is 4.99 Å². The molecule has 0 spiro atoms. The number of piperazine rings is 1. The van der Waals surface area contributed by atoms with Gasteiger partial charge >= 0.3 is 6.18 Å². The second-order valence-electron chi connectivity index (χ2n) is 8.14. The summed E-state index contributed by atoms with van der Waals surface area (Å²) in [4.78, 5) is 8.96. The van der Waals surface area contributed by atoms with Crippen molar-refractivity contribution in [1.29, 1.82) is 0 Å². The second-order valence-corrected chi connectivity index (χ2v) is 8.14. The van der Waals surface area contributed by atoms with E-state index in [-0.39, 0.29) is 36.3 Å². The highest BCUT2D eigenvalue weighted by molar-refractivity contribution is 14.0. The second kappa shape index (κ2) is 11.2. The Morgan fingerprint density at radius 3 is 2.43 bits per heavy atom. The molecule has 28 heavy (non-hydrogen) atoms. The Hall–Kier alpha value is -0.290. The zero-order valence-corrected chi connectivity index (χ0v) is 19.0. The summed E-state index contributed by atoms with van der Waals surface area (Å²) < 4.78 is 45.3. The van der Waals surface area contributed by atoms with Crippen LogP contribution in [0.1, 0.15) is 32.1 Å². The smallest absolute Gasteiger partial charge is 0.381 e. The van der Waals surface area contributed by atoms with Crippen molar-refractivity contribution in [1.82, 2.24) is 15.1 Å². The van der Waals surface area contributed by atoms with Crippen molar-refractivity contribution in [2.75, 3.05) is 59.5 Å². The largest absolute Gasteiger partial charge is 0.392 e. The van der Waals surface area contributed by atoms with Crippen molar-refractivity contribution in [2.45, 2.75) is 38.3 Å². The lowest BCUT2D eigenvalue weighted by molar-refractivity contribution is -0.195. The average molecular weight is 518 g/mol. The van der Waals surface area contributed by atoms with E-state index in [9.17, 15) is 13.2 Å². The first-order valence-electron chi connectivity index (χ1n) is 10.3. The van der Waals surface area contributed by atoms with E-state index < -0.39 is 12.1 Å². The molecule has 164 valence electrons. The molecule has 0 aromatic rings. The minimum Gasteiger partial charge on any atom is -0.381 e. The van der Waals surface area contributed by atoms with Crippen LogP contribution in [0, 0.1) is 17.8 Å². The van der Waals surface area contributed by atoms with E-state index in [1.165, 1.54) is 0 Å². The molecule has 3 unspecified atom stereocenters. The Balaban J connectivity index is 0.00000280. The fourth-order valence-corrected chi connectivity index (χ4v) is 4.67. The van der Waals surface area contributed by atoms with E-state index in [0.717, 1.165) is 64.7 Å². The van der Waals surface area contributed by atoms with Gasteiger partial charge in [0, 0.05) is 52.9 Å². The summed E-state index contributed by atoms with van der Waals surface area (Å²) in [6.07, 6.45) is -0.467. The first-order valence-corrected chi connectivity index (χ1v) is 10.3. The molecule has 1 N–H and O–H groups in total. The number of rotatable bonds is 4. The van der Waals surface area contributed by atoms with Crippen LogP contribution in [0.25, 0.3) is 0 Å². The van der Waals surface area contributed by atoms with Gasteiger partial charge in [-0.05, 0) is 31.1 Å². The number of alkyl halides is 3. The molecule has 1 aliphatic carbocycles. The van der Waals surface area contributed by atoms with Gasteiger partial charge in [-0.15, -0.1) is 24.0 Å². The summed E-state index contributed by atoms with van der Waals surface area (Å²) in [6, 6.07) is 0. The van der Waals surface area contributed by atoms with Crippen molar-refractivity contribution in [2.24, 2.45) is 22.7 Å². The van der Waals surface area contributed by atoms with Crippen LogP contribution < -0.4 is 5.32 Å². The molecule has 0 radical (unpaired) electrons. The predicted octanol–water partition coefficient (Wildman–Crippen LogP) is 3.20. The molecule has 9 heteroatoms. The van der Waals surface area contributed by atoms with Gasteiger partial charge in [0.25, 0.3) is 0 Å². The molecule has 1 saturated carbocycles. The number of halogens is 4. The Morgan fingerprint density at radius 2 is 1.82 bits per heavy atom. The monoisotopic (exact) mass is 518 g/mol. The highest BCUT2D eigenvalue weighted by Crippen LogP contribution is 2.41. The van der Waals surface area contributed by atoms with E-state index in [2.05, 4.69) is 20.1 Å². The average Bonchev–Trinajstić information content (AvgIpc) is 3.16. The van der Waals surface area contributed by atoms with Gasteiger partial charge in [-0.2, -0.15) is 13.2 Å². The van der Waals surface area contributed by atoms with Gasteiger partial charge < -0.3 is 15.0 Å². The third-order valence-corrected chi connectivity index (χ3v) is 6.28. The van der Waals surface area contributed by atoms with Crippen LogP contribution in [0.4, 0.5) is 13.2 Å². The molecule has 0 aromatic carbocycles. The molecular formula is C19H34F3IN4O. The molecule has 0 aromatic heterocycles. The number of hydrogen-bond acceptors (Lipinski definition) is 3. The summed E-state index contributed by atoms with van der Waals surface area (Å²) in [5, 5.41) is 3.24. The van der Waals surface area contributed by atoms with Gasteiger partial charge in [0.15, 0.2) is 5.96 Å². The van der Waals surface area contributed by atoms with E-state index in [1.54, 1.807) is 7.05 Å². The fraction of sp³-hybridized carbons (Fsp3) is 0.947. The summed E-state index contributed by atoms with van der Waals surface area (Å²) in [6.45, 7) is 6.83. The SMILES string of the molecule is CN=C(NCC1CCCCC1C(F)(F)F)N1CCN(CC2CCOC2)CC1.I. The molecule has 2 saturated heterocycles. The number of ether oxygens (including phenoxy) is 1. The lowest BCUT2D eigenvalue weighted by Gasteiger charge is -2.38. The lowest BCUT2D eigenvalue weighted by atomic mass is 9.79. The van der Waals surface area contributed by atoms with Gasteiger partial charge in [0.1, 0.15) is 0 Å². The molecule has 0 amide bonds. The number of hydrogen-bond donors (Lipinski definition) is 1. The summed E-state index contributed by atoms with van der Waals surface area (Å²) in [5.41, 5.74) is 0. The molecule has 2 heterocycles. The molecule has 2 aliphatic heterocycles. The zero-order chi connectivity index (χ0) is 19.3. The van der Waals surface area contributed by atoms with Crippen LogP contribution in [0.3, 0.4) is 0 Å². The van der Waals surface area contributed by atoms with Crippen molar-refractivity contribution < 1.29 is 17.9 Å². The number of nitrogens with one attached hydrogen (secondary N) is 1.